The molecule has 0 saturated heterocycles. The van der Waals surface area contributed by atoms with Crippen LogP contribution >= 0.6 is 34.1 Å². The molecule has 1 aromatic heterocycles. The summed E-state index contributed by atoms with van der Waals surface area (Å²) in [6.45, 7) is 1.94. The third-order valence-corrected chi connectivity index (χ3v) is 2.50. The average molecular weight is 324 g/mol. The van der Waals surface area contributed by atoms with Gasteiger partial charge in [0.2, 0.25) is 0 Å². The summed E-state index contributed by atoms with van der Waals surface area (Å²) < 4.78 is 0.647. The van der Waals surface area contributed by atoms with E-state index < -0.39 is 0 Å². The number of aromatic nitrogens is 1. The minimum absolute atomic E-state index is 0.647. The number of rotatable bonds is 2. The predicted octanol–water partition coefficient (Wildman–Crippen LogP) is 2.65. The summed E-state index contributed by atoms with van der Waals surface area (Å²) >= 11 is 10.0. The normalized spacial score (nSPS) is 9.56. The SMILES string of the molecule is CSC(=S)NN=Cc1cccc(C)n1.[Cl][Cu]. The van der Waals surface area contributed by atoms with Gasteiger partial charge in [-0.15, -0.1) is 0 Å². The predicted molar refractivity (Wildman–Crippen MR) is 71.7 cm³/mol. The van der Waals surface area contributed by atoms with Crippen LogP contribution < -0.4 is 5.43 Å². The Kier molecular flexibility index (Phi) is 9.97. The first kappa shape index (κ1) is 15.9. The van der Waals surface area contributed by atoms with Gasteiger partial charge in [-0.25, -0.2) is 0 Å². The summed E-state index contributed by atoms with van der Waals surface area (Å²) in [6.07, 6.45) is 3.55. The number of halogens is 1. The molecule has 0 aliphatic rings. The van der Waals surface area contributed by atoms with Crippen LogP contribution in [0.3, 0.4) is 0 Å². The topological polar surface area (TPSA) is 37.3 Å². The van der Waals surface area contributed by atoms with Crippen molar-refractivity contribution in [2.75, 3.05) is 6.26 Å². The number of thioether (sulfide) groups is 1. The Balaban J connectivity index is 0.00000106. The summed E-state index contributed by atoms with van der Waals surface area (Å²) in [5.74, 6) is 0. The summed E-state index contributed by atoms with van der Waals surface area (Å²) in [6, 6.07) is 5.77. The molecule has 0 amide bonds. The van der Waals surface area contributed by atoms with Gasteiger partial charge in [0, 0.05) is 5.69 Å². The molecule has 0 aliphatic carbocycles. The first-order valence-corrected chi connectivity index (χ1v) is 7.07. The summed E-state index contributed by atoms with van der Waals surface area (Å²) in [5.41, 5.74) is 4.52. The van der Waals surface area contributed by atoms with Crippen molar-refractivity contribution in [2.45, 2.75) is 6.92 Å². The molecule has 3 nitrogen and oxygen atoms in total. The van der Waals surface area contributed by atoms with E-state index in [2.05, 4.69) is 40.7 Å². The number of aryl methyl sites for hydroxylation is 1. The van der Waals surface area contributed by atoms with Gasteiger partial charge in [0.25, 0.3) is 0 Å². The fraction of sp³-hybridized carbons (Fsp3) is 0.222. The molecule has 0 atom stereocenters. The summed E-state index contributed by atoms with van der Waals surface area (Å²) in [5, 5.41) is 3.95. The van der Waals surface area contributed by atoms with Crippen molar-refractivity contribution in [3.8, 4) is 0 Å². The van der Waals surface area contributed by atoms with Crippen molar-refractivity contribution in [3.63, 3.8) is 0 Å². The Morgan fingerprint density at radius 2 is 2.31 bits per heavy atom. The van der Waals surface area contributed by atoms with Gasteiger partial charge in [-0.2, -0.15) is 5.10 Å². The molecule has 0 aliphatic heterocycles. The quantitative estimate of drug-likeness (QED) is 0.393. The Morgan fingerprint density at radius 3 is 2.88 bits per heavy atom. The van der Waals surface area contributed by atoms with Gasteiger partial charge in [-0.05, 0) is 25.3 Å². The van der Waals surface area contributed by atoms with Gasteiger partial charge in [0.15, 0.2) is 4.32 Å². The molecular formula is C9H11ClCuN3S2. The Labute approximate surface area is 117 Å². The van der Waals surface area contributed by atoms with Crippen LogP contribution in [0.4, 0.5) is 0 Å². The van der Waals surface area contributed by atoms with Crippen LogP contribution in [0, 0.1) is 6.92 Å². The van der Waals surface area contributed by atoms with E-state index in [1.54, 1.807) is 6.21 Å². The maximum atomic E-state index is 4.91. The number of hydrogen-bond acceptors (Lipinski definition) is 4. The van der Waals surface area contributed by atoms with Crippen LogP contribution in [0.2, 0.25) is 0 Å². The first-order valence-electron chi connectivity index (χ1n) is 4.14. The molecular weight excluding hydrogens is 313 g/mol. The molecule has 0 fully saturated rings. The number of hydrogen-bond donors (Lipinski definition) is 1. The second-order valence-electron chi connectivity index (χ2n) is 2.57. The number of nitrogens with one attached hydrogen (secondary N) is 1. The number of hydrazone groups is 1. The molecule has 0 unspecified atom stereocenters. The van der Waals surface area contributed by atoms with E-state index in [0.717, 1.165) is 11.4 Å². The van der Waals surface area contributed by atoms with Gasteiger partial charge < -0.3 is 0 Å². The zero-order chi connectivity index (χ0) is 12.4. The van der Waals surface area contributed by atoms with Crippen LogP contribution in [0.1, 0.15) is 11.4 Å². The van der Waals surface area contributed by atoms with Gasteiger partial charge in [-0.3, -0.25) is 10.4 Å². The van der Waals surface area contributed by atoms with Gasteiger partial charge in [0.05, 0.1) is 11.9 Å². The van der Waals surface area contributed by atoms with Crippen LogP contribution in [-0.4, -0.2) is 21.8 Å². The van der Waals surface area contributed by atoms with E-state index in [0.29, 0.717) is 4.32 Å². The first-order chi connectivity index (χ1) is 7.72. The molecule has 92 valence electrons. The zero-order valence-electron chi connectivity index (χ0n) is 8.70. The second kappa shape index (κ2) is 10.1. The average Bonchev–Trinajstić information content (AvgIpc) is 2.31. The molecule has 7 heteroatoms. The summed E-state index contributed by atoms with van der Waals surface area (Å²) in [7, 11) is 4.20. The van der Waals surface area contributed by atoms with Crippen molar-refractivity contribution in [3.05, 3.63) is 29.6 Å². The molecule has 1 aromatic rings. The Bertz CT molecular complexity index is 360. The molecule has 1 rings (SSSR count). The van der Waals surface area contributed by atoms with Crippen molar-refractivity contribution in [1.82, 2.24) is 10.4 Å². The molecule has 0 aromatic carbocycles. The van der Waals surface area contributed by atoms with Gasteiger partial charge in [-0.1, -0.05) is 30.0 Å². The van der Waals surface area contributed by atoms with E-state index >= 15 is 0 Å². The minimum atomic E-state index is 0.647. The fourth-order valence-electron chi connectivity index (χ4n) is 0.833. The molecule has 0 radical (unpaired) electrons. The van der Waals surface area contributed by atoms with Gasteiger partial charge in [0.1, 0.15) is 0 Å². The number of nitrogens with zero attached hydrogens (tertiary/aromatic N) is 2. The summed E-state index contributed by atoms with van der Waals surface area (Å²) in [4.78, 5) is 4.26. The third-order valence-electron chi connectivity index (χ3n) is 1.45. The van der Waals surface area contributed by atoms with Crippen LogP contribution in [0.25, 0.3) is 0 Å². The molecule has 16 heavy (non-hydrogen) atoms. The van der Waals surface area contributed by atoms with Crippen LogP contribution in [0.15, 0.2) is 23.3 Å². The Hall–Kier alpha value is -0.131. The second-order valence-corrected chi connectivity index (χ2v) is 4.05. The van der Waals surface area contributed by atoms with Crippen molar-refractivity contribution in [2.24, 2.45) is 5.10 Å². The molecule has 0 bridgehead atoms. The molecule has 1 heterocycles. The van der Waals surface area contributed by atoms with Crippen LogP contribution in [0.5, 0.6) is 0 Å². The fourth-order valence-corrected chi connectivity index (χ4v) is 1.03. The van der Waals surface area contributed by atoms with E-state index in [1.165, 1.54) is 11.8 Å². The number of thiocarbonyl (C=S) groups is 1. The third kappa shape index (κ3) is 7.19. The maximum absolute atomic E-state index is 4.91. The standard InChI is InChI=1S/C9H11N3S2.ClH.Cu/c1-7-4-3-5-8(11-7)6-10-12-9(13)14-2;;/h3-6H,1-2H3,(H,12,13);1H;/q;;+1/p-1. The van der Waals surface area contributed by atoms with Gasteiger partial charge >= 0.3 is 25.2 Å². The zero-order valence-corrected chi connectivity index (χ0v) is 12.0. The molecule has 0 saturated carbocycles. The van der Waals surface area contributed by atoms with E-state index in [-0.39, 0.29) is 0 Å². The van der Waals surface area contributed by atoms with Crippen LogP contribution in [-0.2, 0) is 15.1 Å². The Morgan fingerprint density at radius 1 is 1.62 bits per heavy atom. The monoisotopic (exact) mass is 323 g/mol. The van der Waals surface area contributed by atoms with E-state index in [4.69, 9.17) is 12.2 Å². The van der Waals surface area contributed by atoms with E-state index in [9.17, 15) is 0 Å². The number of pyridine rings is 1. The van der Waals surface area contributed by atoms with E-state index in [1.807, 2.05) is 31.4 Å². The molecule has 1 N–H and O–H groups in total. The molecule has 0 spiro atoms. The van der Waals surface area contributed by atoms with Crippen molar-refractivity contribution in [1.29, 1.82) is 0 Å². The van der Waals surface area contributed by atoms with Crippen molar-refractivity contribution < 1.29 is 15.1 Å². The van der Waals surface area contributed by atoms with Crippen molar-refractivity contribution >= 4 is 44.6 Å².